The number of hydrogen-bond donors (Lipinski definition) is 0. The Morgan fingerprint density at radius 2 is 1.96 bits per heavy atom. The number of ketones is 1. The molecule has 0 aromatic heterocycles. The summed E-state index contributed by atoms with van der Waals surface area (Å²) in [5.74, 6) is 1.81. The topological polar surface area (TPSA) is 44.8 Å². The normalized spacial score (nSPS) is 10.7. The third kappa shape index (κ3) is 4.38. The first-order valence-corrected chi connectivity index (χ1v) is 8.25. The molecular formula is C19H19BrO4. The van der Waals surface area contributed by atoms with Crippen molar-refractivity contribution in [3.8, 4) is 17.2 Å². The van der Waals surface area contributed by atoms with Crippen LogP contribution in [0.5, 0.6) is 17.2 Å². The number of carbonyl (C=O) groups is 1. The van der Waals surface area contributed by atoms with Crippen molar-refractivity contribution in [3.05, 3.63) is 58.1 Å². The summed E-state index contributed by atoms with van der Waals surface area (Å²) in [5.41, 5.74) is 1.41. The maximum absolute atomic E-state index is 12.3. The first kappa shape index (κ1) is 18.1. The van der Waals surface area contributed by atoms with Gasteiger partial charge >= 0.3 is 0 Å². The number of hydrogen-bond acceptors (Lipinski definition) is 4. The fourth-order valence-corrected chi connectivity index (χ4v) is 2.81. The Kier molecular flexibility index (Phi) is 6.44. The van der Waals surface area contributed by atoms with E-state index in [1.165, 1.54) is 6.08 Å². The smallest absolute Gasteiger partial charge is 0.185 e. The summed E-state index contributed by atoms with van der Waals surface area (Å²) in [4.78, 5) is 12.3. The molecule has 0 fully saturated rings. The van der Waals surface area contributed by atoms with Crippen molar-refractivity contribution in [3.63, 3.8) is 0 Å². The van der Waals surface area contributed by atoms with Crippen LogP contribution in [0.4, 0.5) is 0 Å². The van der Waals surface area contributed by atoms with Crippen molar-refractivity contribution in [2.45, 2.75) is 6.92 Å². The highest BCUT2D eigenvalue weighted by Crippen LogP contribution is 2.36. The van der Waals surface area contributed by atoms with E-state index in [1.54, 1.807) is 44.6 Å². The molecule has 24 heavy (non-hydrogen) atoms. The highest BCUT2D eigenvalue weighted by molar-refractivity contribution is 9.10. The van der Waals surface area contributed by atoms with E-state index in [0.717, 1.165) is 10.0 Å². The van der Waals surface area contributed by atoms with Crippen molar-refractivity contribution in [1.82, 2.24) is 0 Å². The standard InChI is InChI=1S/C19H19BrO4/c1-4-24-18-11-13(10-16(20)19(18)23-3)8-9-17(21)14-6-5-7-15(12-14)22-2/h5-12H,4H2,1-3H3/b9-8+. The quantitative estimate of drug-likeness (QED) is 0.504. The molecule has 0 radical (unpaired) electrons. The predicted molar refractivity (Wildman–Crippen MR) is 98.2 cm³/mol. The molecule has 126 valence electrons. The summed E-state index contributed by atoms with van der Waals surface area (Å²) in [6.07, 6.45) is 3.27. The van der Waals surface area contributed by atoms with Crippen LogP contribution in [0.25, 0.3) is 6.08 Å². The minimum Gasteiger partial charge on any atom is -0.497 e. The van der Waals surface area contributed by atoms with E-state index in [-0.39, 0.29) is 5.78 Å². The number of ether oxygens (including phenoxy) is 3. The Bertz CT molecular complexity index is 753. The molecule has 0 unspecified atom stereocenters. The summed E-state index contributed by atoms with van der Waals surface area (Å²) in [7, 11) is 3.16. The van der Waals surface area contributed by atoms with Gasteiger partial charge in [-0.2, -0.15) is 0 Å². The molecule has 5 heteroatoms. The van der Waals surface area contributed by atoms with Gasteiger partial charge in [-0.25, -0.2) is 0 Å². The van der Waals surface area contributed by atoms with E-state index in [9.17, 15) is 4.79 Å². The van der Waals surface area contributed by atoms with Crippen LogP contribution >= 0.6 is 15.9 Å². The lowest BCUT2D eigenvalue weighted by Crippen LogP contribution is -1.97. The second-order valence-corrected chi connectivity index (χ2v) is 5.75. The van der Waals surface area contributed by atoms with Gasteiger partial charge in [0.15, 0.2) is 17.3 Å². The maximum Gasteiger partial charge on any atom is 0.185 e. The molecular weight excluding hydrogens is 372 g/mol. The third-order valence-corrected chi connectivity index (χ3v) is 3.91. The van der Waals surface area contributed by atoms with Gasteiger partial charge in [0, 0.05) is 5.56 Å². The van der Waals surface area contributed by atoms with Gasteiger partial charge in [-0.05, 0) is 58.8 Å². The summed E-state index contributed by atoms with van der Waals surface area (Å²) in [6.45, 7) is 2.43. The number of benzene rings is 2. The van der Waals surface area contributed by atoms with Gasteiger partial charge in [-0.15, -0.1) is 0 Å². The molecule has 4 nitrogen and oxygen atoms in total. The van der Waals surface area contributed by atoms with Crippen molar-refractivity contribution >= 4 is 27.8 Å². The molecule has 0 N–H and O–H groups in total. The average Bonchev–Trinajstić information content (AvgIpc) is 2.60. The largest absolute Gasteiger partial charge is 0.497 e. The fraction of sp³-hybridized carbons (Fsp3) is 0.211. The van der Waals surface area contributed by atoms with Gasteiger partial charge in [0.2, 0.25) is 0 Å². The zero-order valence-electron chi connectivity index (χ0n) is 13.8. The average molecular weight is 391 g/mol. The molecule has 0 aliphatic rings. The Balaban J connectivity index is 2.26. The Morgan fingerprint density at radius 3 is 2.62 bits per heavy atom. The Hall–Kier alpha value is -2.27. The summed E-state index contributed by atoms with van der Waals surface area (Å²) in [5, 5.41) is 0. The highest BCUT2D eigenvalue weighted by atomic mass is 79.9. The van der Waals surface area contributed by atoms with Gasteiger partial charge in [-0.1, -0.05) is 18.2 Å². The number of halogens is 1. The monoisotopic (exact) mass is 390 g/mol. The second kappa shape index (κ2) is 8.55. The second-order valence-electron chi connectivity index (χ2n) is 4.90. The van der Waals surface area contributed by atoms with Gasteiger partial charge < -0.3 is 14.2 Å². The highest BCUT2D eigenvalue weighted by Gasteiger charge is 2.10. The predicted octanol–water partition coefficient (Wildman–Crippen LogP) is 4.76. The fourth-order valence-electron chi connectivity index (χ4n) is 2.19. The molecule has 2 aromatic carbocycles. The van der Waals surface area contributed by atoms with Crippen LogP contribution < -0.4 is 14.2 Å². The molecule has 0 bridgehead atoms. The van der Waals surface area contributed by atoms with E-state index in [1.807, 2.05) is 19.1 Å². The Labute approximate surface area is 150 Å². The molecule has 0 spiro atoms. The third-order valence-electron chi connectivity index (χ3n) is 3.32. The van der Waals surface area contributed by atoms with Crippen molar-refractivity contribution in [1.29, 1.82) is 0 Å². The minimum absolute atomic E-state index is 0.0983. The molecule has 0 saturated carbocycles. The van der Waals surface area contributed by atoms with Gasteiger partial charge in [0.1, 0.15) is 5.75 Å². The lowest BCUT2D eigenvalue weighted by atomic mass is 10.1. The molecule has 0 atom stereocenters. The summed E-state index contributed by atoms with van der Waals surface area (Å²) in [6, 6.07) is 10.8. The molecule has 2 aromatic rings. The van der Waals surface area contributed by atoms with Crippen LogP contribution in [0.15, 0.2) is 46.9 Å². The maximum atomic E-state index is 12.3. The van der Waals surface area contributed by atoms with E-state index in [4.69, 9.17) is 14.2 Å². The molecule has 0 heterocycles. The molecule has 0 amide bonds. The number of rotatable bonds is 7. The van der Waals surface area contributed by atoms with Crippen molar-refractivity contribution < 1.29 is 19.0 Å². The molecule has 0 aliphatic heterocycles. The van der Waals surface area contributed by atoms with Crippen molar-refractivity contribution in [2.75, 3.05) is 20.8 Å². The molecule has 0 aliphatic carbocycles. The van der Waals surface area contributed by atoms with Crippen molar-refractivity contribution in [2.24, 2.45) is 0 Å². The van der Waals surface area contributed by atoms with E-state index in [0.29, 0.717) is 29.4 Å². The van der Waals surface area contributed by atoms with Crippen LogP contribution in [-0.2, 0) is 0 Å². The minimum atomic E-state index is -0.0983. The van der Waals surface area contributed by atoms with E-state index in [2.05, 4.69) is 15.9 Å². The van der Waals surface area contributed by atoms with E-state index >= 15 is 0 Å². The zero-order chi connectivity index (χ0) is 17.5. The van der Waals surface area contributed by atoms with Gasteiger partial charge in [0.25, 0.3) is 0 Å². The van der Waals surface area contributed by atoms with E-state index < -0.39 is 0 Å². The molecule has 2 rings (SSSR count). The van der Waals surface area contributed by atoms with Crippen LogP contribution in [0, 0.1) is 0 Å². The van der Waals surface area contributed by atoms with Crippen LogP contribution in [-0.4, -0.2) is 26.6 Å². The molecule has 0 saturated heterocycles. The van der Waals surface area contributed by atoms with Crippen LogP contribution in [0.3, 0.4) is 0 Å². The Morgan fingerprint density at radius 1 is 1.17 bits per heavy atom. The number of carbonyl (C=O) groups excluding carboxylic acids is 1. The van der Waals surface area contributed by atoms with Crippen LogP contribution in [0.1, 0.15) is 22.8 Å². The zero-order valence-corrected chi connectivity index (χ0v) is 15.4. The van der Waals surface area contributed by atoms with Gasteiger partial charge in [-0.3, -0.25) is 4.79 Å². The SMILES string of the molecule is CCOc1cc(/C=C/C(=O)c2cccc(OC)c2)cc(Br)c1OC. The lowest BCUT2D eigenvalue weighted by Gasteiger charge is -2.12. The number of allylic oxidation sites excluding steroid dienone is 1. The first-order chi connectivity index (χ1) is 11.6. The number of methoxy groups -OCH3 is 2. The first-order valence-electron chi connectivity index (χ1n) is 7.45. The lowest BCUT2D eigenvalue weighted by molar-refractivity contribution is 0.104. The summed E-state index contributed by atoms with van der Waals surface area (Å²) < 4.78 is 16.8. The van der Waals surface area contributed by atoms with Crippen LogP contribution in [0.2, 0.25) is 0 Å². The van der Waals surface area contributed by atoms with Gasteiger partial charge in [0.05, 0.1) is 25.3 Å². The summed E-state index contributed by atoms with van der Waals surface area (Å²) >= 11 is 3.46.